The number of aliphatic hydroxyl groups is 1. The number of hydrogen-bond donors (Lipinski definition) is 2. The average Bonchev–Trinajstić information content (AvgIpc) is 2.61. The van der Waals surface area contributed by atoms with Gasteiger partial charge in [0.05, 0.1) is 5.60 Å². The molecule has 1 aliphatic carbocycles. The lowest BCUT2D eigenvalue weighted by atomic mass is 10.0. The second kappa shape index (κ2) is 6.05. The second-order valence-electron chi connectivity index (χ2n) is 5.22. The topological polar surface area (TPSA) is 32.3 Å². The maximum absolute atomic E-state index is 11.9. The van der Waals surface area contributed by atoms with Crippen molar-refractivity contribution in [2.75, 3.05) is 6.54 Å². The van der Waals surface area contributed by atoms with Gasteiger partial charge in [0.1, 0.15) is 0 Å². The second-order valence-corrected chi connectivity index (χ2v) is 5.22. The van der Waals surface area contributed by atoms with Crippen molar-refractivity contribution in [1.29, 1.82) is 0 Å². The van der Waals surface area contributed by atoms with Gasteiger partial charge in [-0.15, -0.1) is 0 Å². The Hall–Kier alpha value is -0.290. The van der Waals surface area contributed by atoms with Crippen molar-refractivity contribution >= 4 is 0 Å². The van der Waals surface area contributed by atoms with E-state index in [0.717, 1.165) is 25.7 Å². The highest BCUT2D eigenvalue weighted by atomic mass is 19.4. The van der Waals surface area contributed by atoms with Gasteiger partial charge in [0, 0.05) is 19.0 Å². The number of alkyl halides is 3. The van der Waals surface area contributed by atoms with E-state index in [-0.39, 0.29) is 12.5 Å². The van der Waals surface area contributed by atoms with E-state index < -0.39 is 18.2 Å². The van der Waals surface area contributed by atoms with Crippen molar-refractivity contribution in [2.24, 2.45) is 0 Å². The zero-order chi connectivity index (χ0) is 12.9. The summed E-state index contributed by atoms with van der Waals surface area (Å²) in [5.41, 5.74) is -0.627. The quantitative estimate of drug-likeness (QED) is 0.762. The smallest absolute Gasteiger partial charge is 0.389 e. The van der Waals surface area contributed by atoms with Crippen LogP contribution in [0.2, 0.25) is 0 Å². The molecule has 0 aromatic carbocycles. The minimum absolute atomic E-state index is 0.0296. The van der Waals surface area contributed by atoms with Gasteiger partial charge in [-0.2, -0.15) is 13.2 Å². The van der Waals surface area contributed by atoms with Gasteiger partial charge in [-0.25, -0.2) is 0 Å². The lowest BCUT2D eigenvalue weighted by Gasteiger charge is -2.25. The molecule has 0 saturated heterocycles. The van der Waals surface area contributed by atoms with E-state index in [1.165, 1.54) is 0 Å². The molecule has 102 valence electrons. The lowest BCUT2D eigenvalue weighted by molar-refractivity contribution is -0.135. The van der Waals surface area contributed by atoms with Crippen LogP contribution in [0, 0.1) is 0 Å². The molecule has 0 spiro atoms. The molecule has 17 heavy (non-hydrogen) atoms. The molecule has 1 unspecified atom stereocenters. The van der Waals surface area contributed by atoms with Crippen molar-refractivity contribution in [3.8, 4) is 0 Å². The van der Waals surface area contributed by atoms with Crippen molar-refractivity contribution in [3.05, 3.63) is 0 Å². The number of halogens is 3. The van der Waals surface area contributed by atoms with Crippen LogP contribution in [0.25, 0.3) is 0 Å². The normalized spacial score (nSPS) is 21.7. The van der Waals surface area contributed by atoms with E-state index >= 15 is 0 Å². The third-order valence-corrected chi connectivity index (χ3v) is 3.41. The molecule has 2 N–H and O–H groups in total. The predicted octanol–water partition coefficient (Wildman–Crippen LogP) is 3.00. The first-order valence-electron chi connectivity index (χ1n) is 6.33. The third-order valence-electron chi connectivity index (χ3n) is 3.41. The molecule has 1 saturated carbocycles. The lowest BCUT2D eigenvalue weighted by Crippen LogP contribution is -2.41. The molecule has 0 heterocycles. The molecule has 2 nitrogen and oxygen atoms in total. The Morgan fingerprint density at radius 2 is 1.88 bits per heavy atom. The van der Waals surface area contributed by atoms with Crippen LogP contribution in [0.4, 0.5) is 13.2 Å². The van der Waals surface area contributed by atoms with Gasteiger partial charge in [-0.05, 0) is 32.6 Å². The first kappa shape index (κ1) is 14.8. The molecule has 1 atom stereocenters. The third kappa shape index (κ3) is 6.27. The fourth-order valence-corrected chi connectivity index (χ4v) is 2.28. The molecular formula is C12H22F3NO. The molecule has 0 radical (unpaired) electrons. The molecule has 0 aromatic rings. The van der Waals surface area contributed by atoms with Crippen LogP contribution in [0.1, 0.15) is 51.9 Å². The van der Waals surface area contributed by atoms with E-state index in [2.05, 4.69) is 5.32 Å². The first-order valence-corrected chi connectivity index (χ1v) is 6.33. The maximum Gasteiger partial charge on any atom is 0.389 e. The van der Waals surface area contributed by atoms with Crippen molar-refractivity contribution in [1.82, 2.24) is 5.32 Å². The van der Waals surface area contributed by atoms with Crippen molar-refractivity contribution in [2.45, 2.75) is 69.7 Å². The summed E-state index contributed by atoms with van der Waals surface area (Å²) in [6.07, 6.45) is -0.440. The molecule has 0 bridgehead atoms. The summed E-state index contributed by atoms with van der Waals surface area (Å²) in [7, 11) is 0. The van der Waals surface area contributed by atoms with Crippen LogP contribution in [0.3, 0.4) is 0 Å². The molecule has 0 aromatic heterocycles. The van der Waals surface area contributed by atoms with E-state index in [1.54, 1.807) is 0 Å². The molecule has 1 rings (SSSR count). The summed E-state index contributed by atoms with van der Waals surface area (Å²) in [6, 6.07) is 0.0296. The summed E-state index contributed by atoms with van der Waals surface area (Å²) in [6.45, 7) is 2.37. The fourth-order valence-electron chi connectivity index (χ4n) is 2.28. The van der Waals surface area contributed by atoms with E-state index in [4.69, 9.17) is 0 Å². The van der Waals surface area contributed by atoms with Crippen molar-refractivity contribution in [3.63, 3.8) is 0 Å². The van der Waals surface area contributed by atoms with Gasteiger partial charge in [-0.1, -0.05) is 12.8 Å². The minimum atomic E-state index is -4.05. The van der Waals surface area contributed by atoms with E-state index in [0.29, 0.717) is 13.0 Å². The summed E-state index contributed by atoms with van der Waals surface area (Å²) in [5, 5.41) is 13.2. The SMILES string of the molecule is CC(CCCC(F)(F)F)NCC1(O)CCCC1. The van der Waals surface area contributed by atoms with E-state index in [1.807, 2.05) is 6.92 Å². The number of rotatable bonds is 6. The van der Waals surface area contributed by atoms with Crippen molar-refractivity contribution < 1.29 is 18.3 Å². The Morgan fingerprint density at radius 1 is 1.29 bits per heavy atom. The number of hydrogen-bond acceptors (Lipinski definition) is 2. The average molecular weight is 253 g/mol. The van der Waals surface area contributed by atoms with Crippen LogP contribution >= 0.6 is 0 Å². The molecule has 0 aliphatic heterocycles. The van der Waals surface area contributed by atoms with Gasteiger partial charge in [0.25, 0.3) is 0 Å². The Labute approximate surface area is 101 Å². The van der Waals surface area contributed by atoms with Crippen LogP contribution in [-0.2, 0) is 0 Å². The Kier molecular flexibility index (Phi) is 5.25. The highest BCUT2D eigenvalue weighted by Gasteiger charge is 2.31. The summed E-state index contributed by atoms with van der Waals surface area (Å²) in [5.74, 6) is 0. The Balaban J connectivity index is 2.10. The summed E-state index contributed by atoms with van der Waals surface area (Å²) in [4.78, 5) is 0. The fraction of sp³-hybridized carbons (Fsp3) is 1.00. The molecular weight excluding hydrogens is 231 g/mol. The zero-order valence-corrected chi connectivity index (χ0v) is 10.3. The van der Waals surface area contributed by atoms with E-state index in [9.17, 15) is 18.3 Å². The van der Waals surface area contributed by atoms with Gasteiger partial charge in [-0.3, -0.25) is 0 Å². The van der Waals surface area contributed by atoms with Crippen LogP contribution in [0.5, 0.6) is 0 Å². The standard InChI is InChI=1S/C12H22F3NO/c1-10(5-4-8-12(13,14)15)16-9-11(17)6-2-3-7-11/h10,16-17H,2-9H2,1H3. The minimum Gasteiger partial charge on any atom is -0.389 e. The Morgan fingerprint density at radius 3 is 2.41 bits per heavy atom. The molecule has 1 aliphatic rings. The Bertz CT molecular complexity index is 224. The summed E-state index contributed by atoms with van der Waals surface area (Å²) >= 11 is 0. The van der Waals surface area contributed by atoms with Gasteiger partial charge >= 0.3 is 6.18 Å². The zero-order valence-electron chi connectivity index (χ0n) is 10.3. The predicted molar refractivity (Wildman–Crippen MR) is 60.8 cm³/mol. The molecule has 0 amide bonds. The first-order chi connectivity index (χ1) is 7.81. The summed E-state index contributed by atoms with van der Waals surface area (Å²) < 4.78 is 35.8. The van der Waals surface area contributed by atoms with Gasteiger partial charge < -0.3 is 10.4 Å². The molecule has 1 fully saturated rings. The highest BCUT2D eigenvalue weighted by molar-refractivity contribution is 4.87. The monoisotopic (exact) mass is 253 g/mol. The van der Waals surface area contributed by atoms with Gasteiger partial charge in [0.15, 0.2) is 0 Å². The largest absolute Gasteiger partial charge is 0.389 e. The molecule has 5 heteroatoms. The van der Waals surface area contributed by atoms with Crippen LogP contribution < -0.4 is 5.32 Å². The van der Waals surface area contributed by atoms with Crippen LogP contribution in [0.15, 0.2) is 0 Å². The van der Waals surface area contributed by atoms with Crippen LogP contribution in [-0.4, -0.2) is 29.5 Å². The number of nitrogens with one attached hydrogen (secondary N) is 1. The highest BCUT2D eigenvalue weighted by Crippen LogP contribution is 2.29. The maximum atomic E-state index is 11.9. The van der Waals surface area contributed by atoms with Gasteiger partial charge in [0.2, 0.25) is 0 Å².